The van der Waals surface area contributed by atoms with E-state index in [9.17, 15) is 4.79 Å². The van der Waals surface area contributed by atoms with Gasteiger partial charge in [0.15, 0.2) is 0 Å². The molecule has 0 fully saturated rings. The maximum absolute atomic E-state index is 12.9. The van der Waals surface area contributed by atoms with Crippen molar-refractivity contribution in [2.24, 2.45) is 7.05 Å². The highest BCUT2D eigenvalue weighted by Gasteiger charge is 2.24. The first kappa shape index (κ1) is 18.2. The number of hydrogen-bond acceptors (Lipinski definition) is 6. The largest absolute Gasteiger partial charge is 0.495 e. The number of amides is 1. The van der Waals surface area contributed by atoms with E-state index in [-0.39, 0.29) is 5.91 Å². The van der Waals surface area contributed by atoms with E-state index >= 15 is 0 Å². The summed E-state index contributed by atoms with van der Waals surface area (Å²) in [5, 5.41) is 14.7. The van der Waals surface area contributed by atoms with Crippen molar-refractivity contribution >= 4 is 35.0 Å². The number of ether oxygens (including phenoxy) is 1. The van der Waals surface area contributed by atoms with Crippen molar-refractivity contribution in [2.75, 3.05) is 12.4 Å². The van der Waals surface area contributed by atoms with E-state index in [4.69, 9.17) is 16.3 Å². The van der Waals surface area contributed by atoms with Crippen LogP contribution in [0, 0.1) is 0 Å². The first-order chi connectivity index (χ1) is 12.6. The normalized spacial score (nSPS) is 11.8. The lowest BCUT2D eigenvalue weighted by atomic mass is 10.1. The Morgan fingerprint density at radius 3 is 2.65 bits per heavy atom. The monoisotopic (exact) mass is 389 g/mol. The van der Waals surface area contributed by atoms with Crippen LogP contribution in [-0.4, -0.2) is 33.2 Å². The lowest BCUT2D eigenvalue weighted by Gasteiger charge is -2.16. The zero-order valence-electron chi connectivity index (χ0n) is 14.1. The molecule has 1 atom stereocenters. The summed E-state index contributed by atoms with van der Waals surface area (Å²) in [6.45, 7) is 0. The third-order valence-corrected chi connectivity index (χ3v) is 5.14. The number of nitrogens with zero attached hydrogens (tertiary/aromatic N) is 4. The van der Waals surface area contributed by atoms with Crippen LogP contribution in [0.4, 0.5) is 5.69 Å². The predicted octanol–water partition coefficient (Wildman–Crippen LogP) is 3.34. The van der Waals surface area contributed by atoms with E-state index in [1.54, 1.807) is 25.2 Å². The van der Waals surface area contributed by atoms with Crippen LogP contribution in [0.15, 0.2) is 53.7 Å². The second-order valence-electron chi connectivity index (χ2n) is 5.33. The summed E-state index contributed by atoms with van der Waals surface area (Å²) in [6.07, 6.45) is 0. The number of thioether (sulfide) groups is 1. The number of nitrogens with one attached hydrogen (secondary N) is 1. The van der Waals surface area contributed by atoms with Crippen LogP contribution in [0.3, 0.4) is 0 Å². The molecule has 0 aliphatic rings. The zero-order valence-corrected chi connectivity index (χ0v) is 15.7. The van der Waals surface area contributed by atoms with Gasteiger partial charge in [-0.25, -0.2) is 4.68 Å². The molecule has 0 unspecified atom stereocenters. The lowest BCUT2D eigenvalue weighted by Crippen LogP contribution is -2.19. The van der Waals surface area contributed by atoms with Gasteiger partial charge in [0.1, 0.15) is 11.0 Å². The highest BCUT2D eigenvalue weighted by molar-refractivity contribution is 8.00. The Morgan fingerprint density at radius 1 is 1.27 bits per heavy atom. The number of halogens is 1. The van der Waals surface area contributed by atoms with Crippen molar-refractivity contribution in [1.82, 2.24) is 20.2 Å². The molecule has 0 saturated carbocycles. The molecule has 134 valence electrons. The maximum Gasteiger partial charge on any atom is 0.242 e. The van der Waals surface area contributed by atoms with E-state index in [1.165, 1.54) is 23.6 Å². The van der Waals surface area contributed by atoms with Gasteiger partial charge in [0.2, 0.25) is 11.1 Å². The van der Waals surface area contributed by atoms with Gasteiger partial charge in [0, 0.05) is 12.7 Å². The van der Waals surface area contributed by atoms with Crippen molar-refractivity contribution in [3.05, 3.63) is 59.1 Å². The molecule has 0 saturated heterocycles. The molecule has 0 bridgehead atoms. The first-order valence-corrected chi connectivity index (χ1v) is 8.92. The Hall–Kier alpha value is -2.58. The number of tetrazole rings is 1. The predicted molar refractivity (Wildman–Crippen MR) is 100 cm³/mol. The Balaban J connectivity index is 1.85. The van der Waals surface area contributed by atoms with Crippen LogP contribution in [0.2, 0.25) is 5.02 Å². The number of benzene rings is 2. The van der Waals surface area contributed by atoms with Gasteiger partial charge in [-0.2, -0.15) is 0 Å². The Kier molecular flexibility index (Phi) is 5.75. The lowest BCUT2D eigenvalue weighted by molar-refractivity contribution is -0.115. The van der Waals surface area contributed by atoms with Crippen molar-refractivity contribution in [2.45, 2.75) is 10.4 Å². The molecule has 3 rings (SSSR count). The minimum atomic E-state index is -0.526. The molecule has 0 aliphatic carbocycles. The van der Waals surface area contributed by atoms with Crippen LogP contribution < -0.4 is 10.1 Å². The average molecular weight is 390 g/mol. The standard InChI is InChI=1S/C17H16ClN5O2S/c1-23-17(20-21-22-23)26-15(11-6-4-3-5-7-11)16(24)19-12-8-9-14(25-2)13(18)10-12/h3-10,15H,1-2H3,(H,19,24)/t15-/m1/s1. The SMILES string of the molecule is COc1ccc(NC(=O)[C@H](Sc2nnnn2C)c2ccccc2)cc1Cl. The van der Waals surface area contributed by atoms with E-state index in [0.717, 1.165) is 5.56 Å². The molecule has 0 radical (unpaired) electrons. The summed E-state index contributed by atoms with van der Waals surface area (Å²) in [5.41, 5.74) is 1.43. The van der Waals surface area contributed by atoms with Gasteiger partial charge in [-0.3, -0.25) is 4.79 Å². The molecule has 9 heteroatoms. The van der Waals surface area contributed by atoms with E-state index in [0.29, 0.717) is 21.6 Å². The molecule has 2 aromatic carbocycles. The Morgan fingerprint density at radius 2 is 2.04 bits per heavy atom. The zero-order chi connectivity index (χ0) is 18.5. The van der Waals surface area contributed by atoms with Gasteiger partial charge < -0.3 is 10.1 Å². The molecule has 1 amide bonds. The number of methoxy groups -OCH3 is 1. The molecule has 26 heavy (non-hydrogen) atoms. The molecular weight excluding hydrogens is 374 g/mol. The fourth-order valence-corrected chi connectivity index (χ4v) is 3.48. The summed E-state index contributed by atoms with van der Waals surface area (Å²) in [4.78, 5) is 12.9. The van der Waals surface area contributed by atoms with E-state index in [2.05, 4.69) is 20.8 Å². The van der Waals surface area contributed by atoms with Crippen LogP contribution in [-0.2, 0) is 11.8 Å². The molecule has 1 aromatic heterocycles. The number of carbonyl (C=O) groups excluding carboxylic acids is 1. The van der Waals surface area contributed by atoms with Gasteiger partial charge in [0.05, 0.1) is 12.1 Å². The van der Waals surface area contributed by atoms with Crippen molar-refractivity contribution < 1.29 is 9.53 Å². The minimum absolute atomic E-state index is 0.203. The highest BCUT2D eigenvalue weighted by atomic mass is 35.5. The molecule has 1 N–H and O–H groups in total. The third-order valence-electron chi connectivity index (χ3n) is 3.56. The summed E-state index contributed by atoms with van der Waals surface area (Å²) in [6, 6.07) is 14.5. The number of hydrogen-bond donors (Lipinski definition) is 1. The fraction of sp³-hybridized carbons (Fsp3) is 0.176. The summed E-state index contributed by atoms with van der Waals surface area (Å²) < 4.78 is 6.66. The molecule has 0 aliphatic heterocycles. The molecule has 0 spiro atoms. The summed E-state index contributed by atoms with van der Waals surface area (Å²) in [7, 11) is 3.27. The van der Waals surface area contributed by atoms with Crippen LogP contribution >= 0.6 is 23.4 Å². The average Bonchev–Trinajstić information content (AvgIpc) is 3.05. The van der Waals surface area contributed by atoms with Gasteiger partial charge >= 0.3 is 0 Å². The molecule has 3 aromatic rings. The Bertz CT molecular complexity index is 903. The van der Waals surface area contributed by atoms with Gasteiger partial charge in [-0.15, -0.1) is 5.10 Å². The third kappa shape index (κ3) is 4.14. The fourth-order valence-electron chi connectivity index (χ4n) is 2.28. The second-order valence-corrected chi connectivity index (χ2v) is 6.81. The molecule has 7 nitrogen and oxygen atoms in total. The summed E-state index contributed by atoms with van der Waals surface area (Å²) in [5.74, 6) is 0.342. The van der Waals surface area contributed by atoms with Crippen molar-refractivity contribution in [1.29, 1.82) is 0 Å². The number of aromatic nitrogens is 4. The highest BCUT2D eigenvalue weighted by Crippen LogP contribution is 2.35. The van der Waals surface area contributed by atoms with E-state index in [1.807, 2.05) is 30.3 Å². The number of carbonyl (C=O) groups is 1. The quantitative estimate of drug-likeness (QED) is 0.651. The van der Waals surface area contributed by atoms with Gasteiger partial charge in [-0.1, -0.05) is 53.7 Å². The van der Waals surface area contributed by atoms with Gasteiger partial charge in [0.25, 0.3) is 0 Å². The number of rotatable bonds is 6. The number of aryl methyl sites for hydroxylation is 1. The Labute approximate surface area is 159 Å². The molecular formula is C17H16ClN5O2S. The van der Waals surface area contributed by atoms with E-state index < -0.39 is 5.25 Å². The second kappa shape index (κ2) is 8.20. The van der Waals surface area contributed by atoms with Crippen molar-refractivity contribution in [3.8, 4) is 5.75 Å². The summed E-state index contributed by atoms with van der Waals surface area (Å²) >= 11 is 7.41. The smallest absolute Gasteiger partial charge is 0.242 e. The maximum atomic E-state index is 12.9. The van der Waals surface area contributed by atoms with Crippen molar-refractivity contribution in [3.63, 3.8) is 0 Å². The van der Waals surface area contributed by atoms with Crippen LogP contribution in [0.5, 0.6) is 5.75 Å². The van der Waals surface area contributed by atoms with Gasteiger partial charge in [-0.05, 0) is 34.2 Å². The first-order valence-electron chi connectivity index (χ1n) is 7.67. The topological polar surface area (TPSA) is 81.9 Å². The molecule has 1 heterocycles. The number of anilines is 1. The minimum Gasteiger partial charge on any atom is -0.495 e. The van der Waals surface area contributed by atoms with Crippen LogP contribution in [0.1, 0.15) is 10.8 Å². The van der Waals surface area contributed by atoms with Crippen LogP contribution in [0.25, 0.3) is 0 Å².